The van der Waals surface area contributed by atoms with E-state index >= 15 is 0 Å². The molecule has 2 aliphatic heterocycles. The van der Waals surface area contributed by atoms with Crippen LogP contribution < -0.4 is 16.4 Å². The Morgan fingerprint density at radius 3 is 1.84 bits per heavy atom. The summed E-state index contributed by atoms with van der Waals surface area (Å²) in [5.41, 5.74) is 31.1. The number of hydrogen-bond acceptors (Lipinski definition) is 8. The summed E-state index contributed by atoms with van der Waals surface area (Å²) in [5, 5.41) is 23.8. The largest absolute Gasteiger partial charge is 0.458 e. The van der Waals surface area contributed by atoms with Crippen molar-refractivity contribution in [1.82, 2.24) is 15.4 Å². The van der Waals surface area contributed by atoms with Gasteiger partial charge in [-0.05, 0) is 171 Å². The molecular formula is C65H83BFN9O4P+. The zero-order chi connectivity index (χ0) is 56.5. The van der Waals surface area contributed by atoms with Crippen LogP contribution in [0.15, 0.2) is 143 Å². The molecule has 5 N–H and O–H groups in total. The number of nitrogens with two attached hydrogens (primary N) is 1. The number of aliphatic imine (C=N–C) groups is 1. The lowest BCUT2D eigenvalue weighted by atomic mass is 9.79. The number of halogens is 1. The zero-order valence-corrected chi connectivity index (χ0v) is 47.4. The lowest BCUT2D eigenvalue weighted by Gasteiger charge is -2.36. The third kappa shape index (κ3) is 15.9. The molecule has 0 spiro atoms. The Bertz CT molecular complexity index is 3070. The second kappa shape index (κ2) is 31.3. The van der Waals surface area contributed by atoms with Crippen LogP contribution in [0.2, 0.25) is 6.82 Å². The predicted octanol–water partition coefficient (Wildman–Crippen LogP) is 14.5. The van der Waals surface area contributed by atoms with Crippen LogP contribution in [0, 0.1) is 39.1 Å². The number of guanidine groups is 1. The molecule has 6 aromatic carbocycles. The van der Waals surface area contributed by atoms with Crippen LogP contribution in [-0.2, 0) is 40.5 Å². The standard InChI is InChI=1S/C18H20BNO.C14H17FN4.C10H13N.C10H12O.C10H10O.CH3N3OP.2CH4/c1-19-20-14-8-13-17(20)18(21-19,15-9-4-2-5-10-15)16-11-6-3-7-12-16;1-10-3-2-4-12-11(10)5-6-13(12)19-14(18-9-16)17-8-7-15;3*1-7-3-2-4-9-8(7)5-6-10(9)11;1-6(5)4-3-2;;/h2-7,9-12,17H,8,13-14H2,1H3;2-4,13H,5-8H2,1H3,(H2,17,18,19);2-4,10H,5-6,11H2,1H3;2-4,10-11H,5-6H2,1H3;2-4H,5-6H2,1H3;1H3;2*1H4/q;;;;;+1;;/t17-;13-;2*10-;;;;/m0001..../s1. The molecule has 2 saturated heterocycles. The minimum atomic E-state index is -1.64. The van der Waals surface area contributed by atoms with Crippen LogP contribution >= 0.6 is 7.95 Å². The summed E-state index contributed by atoms with van der Waals surface area (Å²) in [6.07, 6.45) is 12.0. The predicted molar refractivity (Wildman–Crippen MR) is 329 cm³/mol. The van der Waals surface area contributed by atoms with Gasteiger partial charge in [-0.3, -0.25) is 10.1 Å². The number of Topliss-reactive ketones (excluding diaryl/α,β-unsaturated/α-hetero) is 1. The Hall–Kier alpha value is -7.01. The van der Waals surface area contributed by atoms with E-state index in [0.717, 1.165) is 56.2 Å². The first-order valence-corrected chi connectivity index (χ1v) is 29.2. The van der Waals surface area contributed by atoms with Crippen molar-refractivity contribution in [3.63, 3.8) is 0 Å². The van der Waals surface area contributed by atoms with E-state index in [4.69, 9.17) is 21.2 Å². The van der Waals surface area contributed by atoms with Gasteiger partial charge in [0.05, 0.1) is 18.7 Å². The monoisotopic (exact) mass is 1110 g/mol. The second-order valence-corrected chi connectivity index (χ2v) is 21.9. The molecule has 5 atom stereocenters. The van der Waals surface area contributed by atoms with Crippen LogP contribution in [0.4, 0.5) is 4.39 Å². The molecule has 0 amide bonds. The maximum Gasteiger partial charge on any atom is 0.458 e. The Labute approximate surface area is 482 Å². The molecular weight excluding hydrogens is 1030 g/mol. The summed E-state index contributed by atoms with van der Waals surface area (Å²) >= 11 is 0. The average molecular weight is 1120 g/mol. The first-order valence-electron chi connectivity index (χ1n) is 27.5. The normalized spacial score (nSPS) is 19.1. The van der Waals surface area contributed by atoms with E-state index in [9.17, 15) is 18.9 Å². The number of aliphatic hydroxyl groups excluding tert-OH is 1. The summed E-state index contributed by atoms with van der Waals surface area (Å²) < 4.78 is 28.5. The lowest BCUT2D eigenvalue weighted by Crippen LogP contribution is -2.41. The number of ketones is 1. The zero-order valence-electron chi connectivity index (χ0n) is 46.5. The van der Waals surface area contributed by atoms with E-state index in [1.54, 1.807) is 0 Å². The van der Waals surface area contributed by atoms with Gasteiger partial charge in [-0.25, -0.2) is 9.38 Å². The van der Waals surface area contributed by atoms with E-state index < -0.39 is 14.6 Å². The van der Waals surface area contributed by atoms with E-state index in [0.29, 0.717) is 30.2 Å². The Morgan fingerprint density at radius 2 is 1.31 bits per heavy atom. The van der Waals surface area contributed by atoms with Crippen LogP contribution in [0.25, 0.3) is 10.4 Å². The smallest absolute Gasteiger partial charge is 0.406 e. The molecule has 81 heavy (non-hydrogen) atoms. The number of aliphatic hydroxyl groups is 1. The Morgan fingerprint density at radius 1 is 0.778 bits per heavy atom. The van der Waals surface area contributed by atoms with Crippen molar-refractivity contribution in [3.8, 4) is 6.19 Å². The fraction of sp³-hybridized carbons (Fsp3) is 0.400. The maximum absolute atomic E-state index is 12.2. The van der Waals surface area contributed by atoms with Crippen molar-refractivity contribution >= 4 is 26.7 Å². The van der Waals surface area contributed by atoms with Gasteiger partial charge in [-0.15, -0.1) is 0 Å². The molecule has 0 bridgehead atoms. The molecule has 2 heterocycles. The van der Waals surface area contributed by atoms with Crippen LogP contribution in [0.3, 0.4) is 0 Å². The third-order valence-corrected chi connectivity index (χ3v) is 16.2. The van der Waals surface area contributed by atoms with Crippen molar-refractivity contribution < 1.29 is 23.5 Å². The molecule has 4 aliphatic carbocycles. The third-order valence-electron chi connectivity index (χ3n) is 15.8. The van der Waals surface area contributed by atoms with Gasteiger partial charge >= 0.3 is 15.0 Å². The number of carbonyl (C=O) groups is 1. The van der Waals surface area contributed by atoms with E-state index in [-0.39, 0.29) is 46.2 Å². The molecule has 12 rings (SSSR count). The number of hydrogen-bond donors (Lipinski definition) is 4. The molecule has 0 radical (unpaired) electrons. The van der Waals surface area contributed by atoms with Gasteiger partial charge in [-0.2, -0.15) is 5.26 Å². The molecule has 6 aromatic rings. The van der Waals surface area contributed by atoms with Gasteiger partial charge in [0.15, 0.2) is 16.9 Å². The summed E-state index contributed by atoms with van der Waals surface area (Å²) in [6, 6.07) is 47.1. The second-order valence-electron chi connectivity index (χ2n) is 20.8. The van der Waals surface area contributed by atoms with Gasteiger partial charge in [0.25, 0.3) is 0 Å². The number of benzene rings is 6. The van der Waals surface area contributed by atoms with Crippen molar-refractivity contribution in [3.05, 3.63) is 222 Å². The van der Waals surface area contributed by atoms with Gasteiger partial charge in [0.2, 0.25) is 5.96 Å². The fourth-order valence-corrected chi connectivity index (χ4v) is 12.1. The van der Waals surface area contributed by atoms with Crippen molar-refractivity contribution in [2.45, 2.75) is 143 Å². The highest BCUT2D eigenvalue weighted by molar-refractivity contribution is 7.41. The quantitative estimate of drug-likeness (QED) is 0.0144. The molecule has 0 saturated carbocycles. The van der Waals surface area contributed by atoms with Crippen LogP contribution in [0.1, 0.15) is 154 Å². The number of rotatable bonds is 6. The topological polar surface area (TPSA) is 202 Å². The Kier molecular flexibility index (Phi) is 25.0. The molecule has 0 aromatic heterocycles. The number of carbonyl (C=O) groups excluding carboxylic acids is 1. The molecule has 13 nitrogen and oxygen atoms in total. The number of aryl methyl sites for hydroxylation is 4. The van der Waals surface area contributed by atoms with Crippen LogP contribution in [-0.4, -0.2) is 61.2 Å². The summed E-state index contributed by atoms with van der Waals surface area (Å²) in [5.74, 6) is 0.656. The number of nitrogens with one attached hydrogen (secondary N) is 2. The fourth-order valence-electron chi connectivity index (χ4n) is 12.0. The summed E-state index contributed by atoms with van der Waals surface area (Å²) in [4.78, 5) is 22.8. The first-order chi connectivity index (χ1) is 38.2. The van der Waals surface area contributed by atoms with Crippen molar-refractivity contribution in [1.29, 1.82) is 5.26 Å². The van der Waals surface area contributed by atoms with Gasteiger partial charge in [0, 0.05) is 34.5 Å². The van der Waals surface area contributed by atoms with E-state index in [1.807, 2.05) is 36.5 Å². The molecule has 6 aliphatic rings. The van der Waals surface area contributed by atoms with Crippen molar-refractivity contribution in [2.75, 3.05) is 26.4 Å². The lowest BCUT2D eigenvalue weighted by molar-refractivity contribution is 0.0994. The first kappa shape index (κ1) is 64.8. The molecule has 16 heteroatoms. The maximum atomic E-state index is 12.2. The molecule has 2 fully saturated rings. The minimum absolute atomic E-state index is 0. The number of nitriles is 1. The number of nitrogens with zero attached hydrogens (tertiary/aromatic N) is 6. The summed E-state index contributed by atoms with van der Waals surface area (Å²) in [6.45, 7) is 12.6. The van der Waals surface area contributed by atoms with E-state index in [2.05, 4.69) is 168 Å². The number of alkyl halides is 1. The van der Waals surface area contributed by atoms with Crippen molar-refractivity contribution in [2.24, 2.45) is 15.6 Å². The number of azide groups is 1. The SMILES string of the molecule is C.C.CB1OC(c2ccccc2)(c2ccccc2)[C@@H]2CCCN12.C[P+](=O)N=[N+]=[N-].Cc1cccc2c1CCC2=O.Cc1cccc2c1CC[C@@H]2N.Cc1cccc2c1CC[C@@H]2NC(=NCCF)NC#N.Cc1cccc2c1CC[C@H]2O. The molecule has 426 valence electrons. The van der Waals surface area contributed by atoms with Crippen LogP contribution in [0.5, 0.6) is 0 Å². The minimum Gasteiger partial charge on any atom is -0.406 e. The van der Waals surface area contributed by atoms with Gasteiger partial charge < -0.3 is 25.6 Å². The highest BCUT2D eigenvalue weighted by Gasteiger charge is 2.56. The highest BCUT2D eigenvalue weighted by atomic mass is 31.1. The average Bonchev–Trinajstić information content (AvgIpc) is 4.42. The summed E-state index contributed by atoms with van der Waals surface area (Å²) in [7, 11) is -1.46. The molecule has 1 unspecified atom stereocenters. The van der Waals surface area contributed by atoms with Gasteiger partial charge in [0.1, 0.15) is 18.9 Å². The Balaban J connectivity index is 0.000000185. The number of fused-ring (bicyclic) bond motifs is 5. The van der Waals surface area contributed by atoms with E-state index in [1.165, 1.54) is 92.7 Å². The highest BCUT2D eigenvalue weighted by Crippen LogP contribution is 2.49. The van der Waals surface area contributed by atoms with Gasteiger partial charge in [-0.1, -0.05) is 153 Å².